The number of rotatable bonds is 3. The van der Waals surface area contributed by atoms with Crippen LogP contribution in [-0.2, 0) is 0 Å². The lowest BCUT2D eigenvalue weighted by Crippen LogP contribution is -2.05. The van der Waals surface area contributed by atoms with Gasteiger partial charge in [0, 0.05) is 66.6 Å². The number of para-hydroxylation sites is 3. The molecule has 5 heterocycles. The number of H-pyrrole nitrogens is 2. The number of benzene rings is 5. The van der Waals surface area contributed by atoms with Crippen LogP contribution in [0.3, 0.4) is 0 Å². The van der Waals surface area contributed by atoms with E-state index < -0.39 is 0 Å². The van der Waals surface area contributed by atoms with E-state index in [2.05, 4.69) is 128 Å². The molecule has 5 aromatic heterocycles. The van der Waals surface area contributed by atoms with Gasteiger partial charge in [-0.2, -0.15) is 0 Å². The lowest BCUT2D eigenvalue weighted by molar-refractivity contribution is 1.08. The van der Waals surface area contributed by atoms with Crippen molar-refractivity contribution in [3.63, 3.8) is 0 Å². The van der Waals surface area contributed by atoms with Gasteiger partial charge in [-0.25, -0.2) is 0 Å². The van der Waals surface area contributed by atoms with Crippen molar-refractivity contribution < 1.29 is 0 Å². The van der Waals surface area contributed by atoms with Crippen LogP contribution < -0.4 is 11.5 Å². The van der Waals surface area contributed by atoms with Gasteiger partial charge in [-0.15, -0.1) is 0 Å². The van der Waals surface area contributed by atoms with E-state index >= 15 is 0 Å². The Kier molecular flexibility index (Phi) is 4.89. The van der Waals surface area contributed by atoms with E-state index in [1.165, 1.54) is 10.8 Å². The topological polar surface area (TPSA) is 106 Å². The molecule has 7 heteroatoms. The third kappa shape index (κ3) is 3.28. The molecule has 0 spiro atoms. The molecule has 5 aromatic carbocycles. The van der Waals surface area contributed by atoms with Crippen molar-refractivity contribution in [1.82, 2.24) is 24.1 Å². The van der Waals surface area contributed by atoms with Crippen LogP contribution in [0.2, 0.25) is 0 Å². The number of aromatic nitrogens is 5. The lowest BCUT2D eigenvalue weighted by atomic mass is 10.1. The SMILES string of the molecule is Nc1c(-c2c(N)c3ncccc3n2-c2ccc3[nH]c4ccccc4c3c2)n(-c2ccc3[nH]c4ccccc4c3c2)c2ccccc12. The fraction of sp³-hybridized carbons (Fsp3) is 0. The molecule has 0 fully saturated rings. The highest BCUT2D eigenvalue weighted by molar-refractivity contribution is 6.12. The number of fused-ring (bicyclic) bond motifs is 8. The fourth-order valence-corrected chi connectivity index (χ4v) is 7.36. The van der Waals surface area contributed by atoms with E-state index in [1.54, 1.807) is 6.20 Å². The monoisotopic (exact) mass is 593 g/mol. The van der Waals surface area contributed by atoms with Crippen LogP contribution in [0.1, 0.15) is 0 Å². The summed E-state index contributed by atoms with van der Waals surface area (Å²) >= 11 is 0. The average molecular weight is 594 g/mol. The number of anilines is 2. The van der Waals surface area contributed by atoms with Crippen molar-refractivity contribution in [3.8, 4) is 22.8 Å². The first kappa shape index (κ1) is 24.9. The Morgan fingerprint density at radius 1 is 0.457 bits per heavy atom. The second kappa shape index (κ2) is 9.03. The quantitative estimate of drug-likeness (QED) is 0.164. The van der Waals surface area contributed by atoms with Crippen LogP contribution in [0.5, 0.6) is 0 Å². The molecule has 0 aliphatic heterocycles. The van der Waals surface area contributed by atoms with Gasteiger partial charge in [-0.3, -0.25) is 4.98 Å². The van der Waals surface area contributed by atoms with E-state index in [1.807, 2.05) is 12.1 Å². The number of aromatic amines is 2. The smallest absolute Gasteiger partial charge is 0.112 e. The zero-order valence-electron chi connectivity index (χ0n) is 24.6. The van der Waals surface area contributed by atoms with Crippen LogP contribution in [0.25, 0.3) is 88.3 Å². The van der Waals surface area contributed by atoms with Crippen LogP contribution in [0.15, 0.2) is 128 Å². The molecule has 0 atom stereocenters. The summed E-state index contributed by atoms with van der Waals surface area (Å²) in [5.41, 5.74) is 26.2. The number of hydrogen-bond acceptors (Lipinski definition) is 3. The predicted molar refractivity (Wildman–Crippen MR) is 191 cm³/mol. The molecule has 0 bridgehead atoms. The molecule has 0 amide bonds. The van der Waals surface area contributed by atoms with Crippen molar-refractivity contribution in [2.24, 2.45) is 0 Å². The molecule has 0 aliphatic carbocycles. The van der Waals surface area contributed by atoms with Crippen LogP contribution >= 0.6 is 0 Å². The maximum Gasteiger partial charge on any atom is 0.112 e. The van der Waals surface area contributed by atoms with E-state index in [4.69, 9.17) is 16.5 Å². The minimum Gasteiger partial charge on any atom is -0.396 e. The molecule has 218 valence electrons. The Labute approximate surface area is 262 Å². The van der Waals surface area contributed by atoms with Gasteiger partial charge in [0.1, 0.15) is 5.52 Å². The first-order chi connectivity index (χ1) is 22.7. The maximum absolute atomic E-state index is 7.16. The molecule has 6 N–H and O–H groups in total. The second-order valence-corrected chi connectivity index (χ2v) is 11.9. The van der Waals surface area contributed by atoms with E-state index in [0.29, 0.717) is 11.4 Å². The highest BCUT2D eigenvalue weighted by atomic mass is 15.1. The minimum absolute atomic E-state index is 0.582. The number of nitrogens with two attached hydrogens (primary N) is 2. The number of nitrogen functional groups attached to an aromatic ring is 2. The van der Waals surface area contributed by atoms with Gasteiger partial charge in [0.25, 0.3) is 0 Å². The van der Waals surface area contributed by atoms with Gasteiger partial charge in [0.15, 0.2) is 0 Å². The second-order valence-electron chi connectivity index (χ2n) is 11.9. The third-order valence-corrected chi connectivity index (χ3v) is 9.40. The molecule has 0 saturated carbocycles. The first-order valence-corrected chi connectivity index (χ1v) is 15.3. The average Bonchev–Trinajstić information content (AvgIpc) is 3.82. The number of nitrogens with one attached hydrogen (secondary N) is 2. The summed E-state index contributed by atoms with van der Waals surface area (Å²) in [5, 5.41) is 5.60. The summed E-state index contributed by atoms with van der Waals surface area (Å²) < 4.78 is 4.46. The summed E-state index contributed by atoms with van der Waals surface area (Å²) in [7, 11) is 0. The van der Waals surface area contributed by atoms with Gasteiger partial charge in [0.05, 0.1) is 33.8 Å². The van der Waals surface area contributed by atoms with Crippen molar-refractivity contribution in [2.45, 2.75) is 0 Å². The fourth-order valence-electron chi connectivity index (χ4n) is 7.36. The number of nitrogens with zero attached hydrogens (tertiary/aromatic N) is 3. The van der Waals surface area contributed by atoms with Crippen LogP contribution in [0.4, 0.5) is 11.4 Å². The Morgan fingerprint density at radius 3 is 1.61 bits per heavy atom. The molecule has 7 nitrogen and oxygen atoms in total. The van der Waals surface area contributed by atoms with Gasteiger partial charge in [0.2, 0.25) is 0 Å². The zero-order valence-corrected chi connectivity index (χ0v) is 24.6. The Morgan fingerprint density at radius 2 is 0.957 bits per heavy atom. The molecule has 0 aliphatic rings. The Bertz CT molecular complexity index is 2650. The van der Waals surface area contributed by atoms with Crippen molar-refractivity contribution in [2.75, 3.05) is 11.5 Å². The zero-order chi connectivity index (χ0) is 30.5. The van der Waals surface area contributed by atoms with Crippen LogP contribution in [0, 0.1) is 0 Å². The van der Waals surface area contributed by atoms with Crippen molar-refractivity contribution in [1.29, 1.82) is 0 Å². The maximum atomic E-state index is 7.16. The molecular weight excluding hydrogens is 566 g/mol. The molecule has 46 heavy (non-hydrogen) atoms. The highest BCUT2D eigenvalue weighted by Crippen LogP contribution is 2.46. The Hall–Kier alpha value is -6.47. The largest absolute Gasteiger partial charge is 0.396 e. The van der Waals surface area contributed by atoms with Crippen molar-refractivity contribution in [3.05, 3.63) is 128 Å². The first-order valence-electron chi connectivity index (χ1n) is 15.3. The summed E-state index contributed by atoms with van der Waals surface area (Å²) in [4.78, 5) is 11.9. The molecular formula is C39H27N7. The number of pyridine rings is 1. The lowest BCUT2D eigenvalue weighted by Gasteiger charge is -2.16. The van der Waals surface area contributed by atoms with Gasteiger partial charge in [-0.1, -0.05) is 54.6 Å². The van der Waals surface area contributed by atoms with Gasteiger partial charge < -0.3 is 30.6 Å². The number of hydrogen-bond donors (Lipinski definition) is 4. The third-order valence-electron chi connectivity index (χ3n) is 9.40. The van der Waals surface area contributed by atoms with E-state index in [-0.39, 0.29) is 0 Å². The molecule has 10 aromatic rings. The summed E-state index contributed by atoms with van der Waals surface area (Å²) in [6.07, 6.45) is 1.79. The summed E-state index contributed by atoms with van der Waals surface area (Å²) in [6.45, 7) is 0. The predicted octanol–water partition coefficient (Wildman–Crippen LogP) is 9.07. The van der Waals surface area contributed by atoms with Crippen LogP contribution in [-0.4, -0.2) is 24.1 Å². The molecule has 0 saturated heterocycles. The van der Waals surface area contributed by atoms with Crippen molar-refractivity contribution >= 4 is 76.9 Å². The molecule has 0 unspecified atom stereocenters. The van der Waals surface area contributed by atoms with E-state index in [9.17, 15) is 0 Å². The molecule has 0 radical (unpaired) electrons. The Balaban J connectivity index is 1.33. The molecule has 10 rings (SSSR count). The highest BCUT2D eigenvalue weighted by Gasteiger charge is 2.27. The minimum atomic E-state index is 0.582. The van der Waals surface area contributed by atoms with Gasteiger partial charge >= 0.3 is 0 Å². The van der Waals surface area contributed by atoms with Gasteiger partial charge in [-0.05, 0) is 66.7 Å². The summed E-state index contributed by atoms with van der Waals surface area (Å²) in [6, 6.07) is 42.1. The summed E-state index contributed by atoms with van der Waals surface area (Å²) in [5.74, 6) is 0. The normalized spacial score (nSPS) is 12.1. The standard InChI is InChI=1S/C39H27N7/c40-35-26-10-3-6-13-33(26)45(22-15-17-31-27(20-22)24-8-1-4-11-29(24)43-31)38(35)39-36(41)37-34(14-7-19-42-37)46(39)23-16-18-32-28(21-23)25-9-2-5-12-30(25)44-32/h1-21,43-44H,40-41H2. The van der Waals surface area contributed by atoms with E-state index in [0.717, 1.165) is 77.5 Å².